The number of quaternary nitrogens is 2. The Morgan fingerprint density at radius 2 is 2.00 bits per heavy atom. The van der Waals surface area contributed by atoms with Gasteiger partial charge in [-0.05, 0) is 55.7 Å². The Labute approximate surface area is 170 Å². The van der Waals surface area contributed by atoms with Gasteiger partial charge in [-0.15, -0.1) is 11.3 Å². The number of likely N-dealkylation sites (N-methyl/N-ethyl adjacent to an activating group) is 1. The number of halogens is 1. The van der Waals surface area contributed by atoms with Gasteiger partial charge >= 0.3 is 0 Å². The van der Waals surface area contributed by atoms with Crippen molar-refractivity contribution in [2.24, 2.45) is 0 Å². The Morgan fingerprint density at radius 1 is 1.22 bits per heavy atom. The highest BCUT2D eigenvalue weighted by Gasteiger charge is 2.34. The van der Waals surface area contributed by atoms with Gasteiger partial charge in [-0.3, -0.25) is 0 Å². The number of thiophene rings is 1. The molecule has 0 bridgehead atoms. The molecule has 1 fully saturated rings. The first-order valence-electron chi connectivity index (χ1n) is 9.61. The Kier molecular flexibility index (Phi) is 7.18. The molecule has 146 valence electrons. The Bertz CT molecular complexity index is 729. The monoisotopic (exact) mass is 408 g/mol. The van der Waals surface area contributed by atoms with E-state index in [4.69, 9.17) is 12.2 Å². The minimum Gasteiger partial charge on any atom is -0.354 e. The molecule has 1 aromatic heterocycles. The number of anilines is 1. The average molecular weight is 409 g/mol. The molecule has 3 rings (SSSR count). The van der Waals surface area contributed by atoms with E-state index < -0.39 is 0 Å². The van der Waals surface area contributed by atoms with Gasteiger partial charge in [0.1, 0.15) is 38.0 Å². The van der Waals surface area contributed by atoms with E-state index in [0.29, 0.717) is 16.8 Å². The first-order valence-corrected chi connectivity index (χ1v) is 10.9. The fourth-order valence-electron chi connectivity index (χ4n) is 3.88. The van der Waals surface area contributed by atoms with Crippen LogP contribution in [0, 0.1) is 5.82 Å². The lowest BCUT2D eigenvalue weighted by Gasteiger charge is -2.37. The quantitative estimate of drug-likeness (QED) is 0.541. The number of rotatable bonds is 6. The van der Waals surface area contributed by atoms with Crippen molar-refractivity contribution in [3.05, 3.63) is 52.5 Å². The fourth-order valence-corrected chi connectivity index (χ4v) is 5.17. The second kappa shape index (κ2) is 9.59. The van der Waals surface area contributed by atoms with Crippen molar-refractivity contribution in [2.45, 2.75) is 25.9 Å². The molecule has 2 heterocycles. The van der Waals surface area contributed by atoms with Crippen molar-refractivity contribution < 1.29 is 14.2 Å². The molecule has 2 aromatic rings. The van der Waals surface area contributed by atoms with E-state index in [0.717, 1.165) is 0 Å². The second-order valence-electron chi connectivity index (χ2n) is 7.15. The topological polar surface area (TPSA) is 32.9 Å². The summed E-state index contributed by atoms with van der Waals surface area (Å²) >= 11 is 7.30. The number of piperazine rings is 1. The predicted octanol–water partition coefficient (Wildman–Crippen LogP) is 1.11. The van der Waals surface area contributed by atoms with Crippen LogP contribution in [-0.2, 0) is 0 Å². The maximum absolute atomic E-state index is 13.4. The zero-order chi connectivity index (χ0) is 19.2. The molecular formula is C20H29FN4S2+2. The van der Waals surface area contributed by atoms with Crippen LogP contribution in [0.25, 0.3) is 0 Å². The van der Waals surface area contributed by atoms with Crippen molar-refractivity contribution in [3.63, 3.8) is 0 Å². The zero-order valence-corrected chi connectivity index (χ0v) is 17.6. The summed E-state index contributed by atoms with van der Waals surface area (Å²) in [6, 6.07) is 11.3. The molecule has 2 atom stereocenters. The van der Waals surface area contributed by atoms with Crippen LogP contribution in [0.4, 0.5) is 10.1 Å². The van der Waals surface area contributed by atoms with Gasteiger partial charge in [0.2, 0.25) is 0 Å². The lowest BCUT2D eigenvalue weighted by Crippen LogP contribution is -3.28. The summed E-state index contributed by atoms with van der Waals surface area (Å²) in [5.41, 5.74) is 0.667. The fraction of sp³-hybridized carbons (Fsp3) is 0.450. The second-order valence-corrected chi connectivity index (χ2v) is 8.54. The molecule has 27 heavy (non-hydrogen) atoms. The summed E-state index contributed by atoms with van der Waals surface area (Å²) < 4.78 is 13.4. The van der Waals surface area contributed by atoms with Crippen LogP contribution in [0.5, 0.6) is 0 Å². The normalized spacial score (nSPS) is 22.0. The maximum Gasteiger partial charge on any atom is 0.171 e. The van der Waals surface area contributed by atoms with E-state index in [9.17, 15) is 4.39 Å². The molecule has 1 aliphatic rings. The summed E-state index contributed by atoms with van der Waals surface area (Å²) in [4.78, 5) is 4.69. The van der Waals surface area contributed by atoms with Crippen LogP contribution in [-0.4, -0.2) is 43.9 Å². The molecule has 0 radical (unpaired) electrons. The van der Waals surface area contributed by atoms with Gasteiger partial charge in [0.05, 0.1) is 17.5 Å². The lowest BCUT2D eigenvalue weighted by atomic mass is 10.1. The summed E-state index contributed by atoms with van der Waals surface area (Å²) in [6.45, 7) is 10.4. The number of benzene rings is 1. The van der Waals surface area contributed by atoms with Crippen LogP contribution in [0.2, 0.25) is 0 Å². The molecule has 1 aromatic carbocycles. The van der Waals surface area contributed by atoms with E-state index in [2.05, 4.69) is 42.0 Å². The molecule has 1 aliphatic heterocycles. The van der Waals surface area contributed by atoms with E-state index in [-0.39, 0.29) is 11.9 Å². The van der Waals surface area contributed by atoms with E-state index in [1.807, 2.05) is 17.4 Å². The predicted molar refractivity (Wildman–Crippen MR) is 114 cm³/mol. The molecule has 0 saturated carbocycles. The van der Waals surface area contributed by atoms with Gasteiger partial charge in [-0.2, -0.15) is 0 Å². The molecule has 7 heteroatoms. The van der Waals surface area contributed by atoms with E-state index in [1.165, 1.54) is 49.7 Å². The minimum atomic E-state index is -0.270. The molecule has 0 unspecified atom stereocenters. The Balaban J connectivity index is 1.66. The average Bonchev–Trinajstić information content (AvgIpc) is 3.16. The standard InChI is InChI=1S/C20H27FN4S2/c1-3-24-9-11-25(12-10-24)19(18-8-5-13-27-18)15(2)22-20(26)23-17-7-4-6-16(21)14-17/h4-8,13-15,19H,3,9-12H2,1-2H3,(H2,22,23,26)/p+2/t15-,19-/m0/s1. The molecule has 1 saturated heterocycles. The zero-order valence-electron chi connectivity index (χ0n) is 15.9. The summed E-state index contributed by atoms with van der Waals surface area (Å²) in [5, 5.41) is 9.22. The number of hydrogen-bond donors (Lipinski definition) is 4. The highest BCUT2D eigenvalue weighted by molar-refractivity contribution is 7.80. The summed E-state index contributed by atoms with van der Waals surface area (Å²) in [5.74, 6) is -0.270. The van der Waals surface area contributed by atoms with E-state index in [1.54, 1.807) is 15.9 Å². The summed E-state index contributed by atoms with van der Waals surface area (Å²) in [6.07, 6.45) is 0. The van der Waals surface area contributed by atoms with Gasteiger partial charge in [-0.1, -0.05) is 12.1 Å². The molecule has 0 aliphatic carbocycles. The molecular weight excluding hydrogens is 379 g/mol. The number of thiocarbonyl (C=S) groups is 1. The largest absolute Gasteiger partial charge is 0.354 e. The van der Waals surface area contributed by atoms with Crippen molar-refractivity contribution in [3.8, 4) is 0 Å². The molecule has 0 spiro atoms. The van der Waals surface area contributed by atoms with Gasteiger partial charge in [-0.25, -0.2) is 4.39 Å². The third kappa shape index (κ3) is 5.48. The van der Waals surface area contributed by atoms with Crippen LogP contribution in [0.1, 0.15) is 24.8 Å². The van der Waals surface area contributed by atoms with Crippen molar-refractivity contribution in [2.75, 3.05) is 38.0 Å². The van der Waals surface area contributed by atoms with Crippen molar-refractivity contribution >= 4 is 34.4 Å². The van der Waals surface area contributed by atoms with Crippen molar-refractivity contribution in [1.29, 1.82) is 0 Å². The minimum absolute atomic E-state index is 0.176. The van der Waals surface area contributed by atoms with Crippen LogP contribution in [0.3, 0.4) is 0 Å². The highest BCUT2D eigenvalue weighted by Crippen LogP contribution is 2.20. The first kappa shape index (κ1) is 20.2. The Hall–Kier alpha value is -1.54. The Morgan fingerprint density at radius 3 is 2.63 bits per heavy atom. The van der Waals surface area contributed by atoms with Gasteiger partial charge in [0, 0.05) is 5.69 Å². The molecule has 0 amide bonds. The van der Waals surface area contributed by atoms with Gasteiger partial charge < -0.3 is 20.4 Å². The van der Waals surface area contributed by atoms with E-state index >= 15 is 0 Å². The van der Waals surface area contributed by atoms with Crippen LogP contribution in [0.15, 0.2) is 41.8 Å². The third-order valence-electron chi connectivity index (χ3n) is 5.33. The SMILES string of the molecule is CC[NH+]1CC[NH+]([C@H](c2cccs2)[C@H](C)NC(=S)Nc2cccc(F)c2)CC1. The number of nitrogens with one attached hydrogen (secondary N) is 4. The van der Waals surface area contributed by atoms with Gasteiger partial charge in [0.25, 0.3) is 0 Å². The molecule has 4 N–H and O–H groups in total. The maximum atomic E-state index is 13.4. The lowest BCUT2D eigenvalue weighted by molar-refractivity contribution is -1.03. The highest BCUT2D eigenvalue weighted by atomic mass is 32.1. The number of hydrogen-bond acceptors (Lipinski definition) is 2. The van der Waals surface area contributed by atoms with Crippen molar-refractivity contribution in [1.82, 2.24) is 5.32 Å². The molecule has 4 nitrogen and oxygen atoms in total. The summed E-state index contributed by atoms with van der Waals surface area (Å²) in [7, 11) is 0. The van der Waals surface area contributed by atoms with Gasteiger partial charge in [0.15, 0.2) is 5.11 Å². The first-order chi connectivity index (χ1) is 13.1. The van der Waals surface area contributed by atoms with Crippen LogP contribution < -0.4 is 20.4 Å². The third-order valence-corrected chi connectivity index (χ3v) is 6.51. The van der Waals surface area contributed by atoms with Crippen LogP contribution >= 0.6 is 23.6 Å². The smallest absolute Gasteiger partial charge is 0.171 e.